The Morgan fingerprint density at radius 2 is 1.88 bits per heavy atom. The van der Waals surface area contributed by atoms with E-state index in [0.29, 0.717) is 0 Å². The second-order valence-corrected chi connectivity index (χ2v) is 7.97. The Hall–Kier alpha value is -2.22. The van der Waals surface area contributed by atoms with Gasteiger partial charge in [0.2, 0.25) is 10.0 Å². The molecule has 3 N–H and O–H groups in total. The highest BCUT2D eigenvalue weighted by molar-refractivity contribution is 7.89. The summed E-state index contributed by atoms with van der Waals surface area (Å²) in [5.74, 6) is 0. The van der Waals surface area contributed by atoms with Crippen LogP contribution in [0.1, 0.15) is 18.5 Å². The van der Waals surface area contributed by atoms with E-state index in [0.717, 1.165) is 21.1 Å². The van der Waals surface area contributed by atoms with E-state index in [1.165, 1.54) is 6.07 Å². The van der Waals surface area contributed by atoms with Crippen LogP contribution in [0.3, 0.4) is 0 Å². The van der Waals surface area contributed by atoms with Gasteiger partial charge in [-0.15, -0.1) is 0 Å². The highest BCUT2D eigenvalue weighted by Gasteiger charge is 2.13. The van der Waals surface area contributed by atoms with Gasteiger partial charge in [0.15, 0.2) is 5.13 Å². The van der Waals surface area contributed by atoms with E-state index < -0.39 is 10.0 Å². The van der Waals surface area contributed by atoms with Gasteiger partial charge in [0.05, 0.1) is 15.8 Å². The van der Waals surface area contributed by atoms with Crippen LogP contribution in [-0.4, -0.2) is 13.4 Å². The molecule has 1 unspecified atom stereocenters. The molecule has 0 radical (unpaired) electrons. The Kier molecular flexibility index (Phi) is 4.66. The minimum Gasteiger partial charge on any atom is -0.355 e. The van der Waals surface area contributed by atoms with Crippen LogP contribution in [0.2, 0.25) is 0 Å². The summed E-state index contributed by atoms with van der Waals surface area (Å²) >= 11 is 1.55. The number of primary sulfonamides is 1. The van der Waals surface area contributed by atoms with Crippen molar-refractivity contribution in [2.45, 2.75) is 17.9 Å². The maximum Gasteiger partial charge on any atom is 0.238 e. The van der Waals surface area contributed by atoms with Gasteiger partial charge in [0, 0.05) is 6.20 Å². The van der Waals surface area contributed by atoms with Gasteiger partial charge in [-0.1, -0.05) is 53.8 Å². The Labute approximate surface area is 145 Å². The van der Waals surface area contributed by atoms with Crippen molar-refractivity contribution in [3.63, 3.8) is 0 Å². The van der Waals surface area contributed by atoms with E-state index in [1.54, 1.807) is 23.5 Å². The smallest absolute Gasteiger partial charge is 0.238 e. The van der Waals surface area contributed by atoms with Crippen LogP contribution >= 0.6 is 11.3 Å². The molecule has 1 aromatic heterocycles. The van der Waals surface area contributed by atoms with E-state index in [2.05, 4.69) is 10.3 Å². The number of anilines is 1. The van der Waals surface area contributed by atoms with Gasteiger partial charge >= 0.3 is 0 Å². The van der Waals surface area contributed by atoms with Crippen LogP contribution in [0.15, 0.2) is 65.7 Å². The van der Waals surface area contributed by atoms with E-state index >= 15 is 0 Å². The molecule has 0 amide bonds. The predicted octanol–water partition coefficient (Wildman–Crippen LogP) is 3.63. The van der Waals surface area contributed by atoms with Crippen LogP contribution in [0.25, 0.3) is 10.4 Å². The van der Waals surface area contributed by atoms with Crippen molar-refractivity contribution in [2.75, 3.05) is 5.32 Å². The third-order valence-electron chi connectivity index (χ3n) is 3.59. The molecule has 2 aromatic carbocycles. The molecule has 3 aromatic rings. The molecule has 24 heavy (non-hydrogen) atoms. The average Bonchev–Trinajstić information content (AvgIpc) is 3.03. The topological polar surface area (TPSA) is 85.1 Å². The molecule has 5 nitrogen and oxygen atoms in total. The van der Waals surface area contributed by atoms with Crippen LogP contribution in [0.5, 0.6) is 0 Å². The lowest BCUT2D eigenvalue weighted by Gasteiger charge is -2.14. The molecule has 0 saturated carbocycles. The van der Waals surface area contributed by atoms with Crippen molar-refractivity contribution >= 4 is 26.5 Å². The third-order valence-corrected chi connectivity index (χ3v) is 5.48. The first kappa shape index (κ1) is 16.6. The second kappa shape index (κ2) is 6.72. The highest BCUT2D eigenvalue weighted by Crippen LogP contribution is 2.31. The lowest BCUT2D eigenvalue weighted by molar-refractivity contribution is 0.597. The summed E-state index contributed by atoms with van der Waals surface area (Å²) in [6, 6.07) is 16.6. The van der Waals surface area contributed by atoms with Crippen LogP contribution in [0, 0.1) is 0 Å². The fourth-order valence-corrected chi connectivity index (χ4v) is 3.78. The zero-order chi connectivity index (χ0) is 17.2. The quantitative estimate of drug-likeness (QED) is 0.728. The summed E-state index contributed by atoms with van der Waals surface area (Å²) in [5.41, 5.74) is 1.95. The van der Waals surface area contributed by atoms with Gasteiger partial charge in [0.25, 0.3) is 0 Å². The molecule has 0 fully saturated rings. The normalized spacial score (nSPS) is 12.8. The molecule has 1 heterocycles. The Bertz CT molecular complexity index is 937. The van der Waals surface area contributed by atoms with Gasteiger partial charge in [-0.05, 0) is 30.2 Å². The fourth-order valence-electron chi connectivity index (χ4n) is 2.31. The molecule has 0 aliphatic heterocycles. The average molecular weight is 359 g/mol. The van der Waals surface area contributed by atoms with E-state index in [4.69, 9.17) is 5.14 Å². The van der Waals surface area contributed by atoms with E-state index in [-0.39, 0.29) is 10.9 Å². The number of aromatic nitrogens is 1. The maximum absolute atomic E-state index is 11.5. The Morgan fingerprint density at radius 1 is 1.12 bits per heavy atom. The first-order chi connectivity index (χ1) is 11.4. The lowest BCUT2D eigenvalue weighted by Crippen LogP contribution is -2.13. The number of hydrogen-bond acceptors (Lipinski definition) is 5. The van der Waals surface area contributed by atoms with Gasteiger partial charge in [-0.25, -0.2) is 18.5 Å². The molecule has 0 aliphatic rings. The summed E-state index contributed by atoms with van der Waals surface area (Å²) in [4.78, 5) is 5.58. The van der Waals surface area contributed by atoms with Crippen molar-refractivity contribution in [1.82, 2.24) is 4.98 Å². The van der Waals surface area contributed by atoms with Crippen LogP contribution in [0.4, 0.5) is 5.13 Å². The SMILES string of the molecule is CC(Nc1ncc(-c2ccccc2)s1)c1cccc(S(N)(=O)=O)c1. The minimum absolute atomic E-state index is 0.0959. The van der Waals surface area contributed by atoms with Crippen molar-refractivity contribution in [3.8, 4) is 10.4 Å². The molecule has 1 atom stereocenters. The van der Waals surface area contributed by atoms with Gasteiger partial charge < -0.3 is 5.32 Å². The lowest BCUT2D eigenvalue weighted by atomic mass is 10.1. The summed E-state index contributed by atoms with van der Waals surface area (Å²) in [5, 5.41) is 9.27. The molecule has 0 bridgehead atoms. The molecule has 7 heteroatoms. The number of hydrogen-bond donors (Lipinski definition) is 2. The summed E-state index contributed by atoms with van der Waals surface area (Å²) < 4.78 is 22.9. The zero-order valence-electron chi connectivity index (χ0n) is 13.0. The van der Waals surface area contributed by atoms with Crippen molar-refractivity contribution in [1.29, 1.82) is 0 Å². The van der Waals surface area contributed by atoms with Crippen LogP contribution in [-0.2, 0) is 10.0 Å². The first-order valence-electron chi connectivity index (χ1n) is 7.34. The minimum atomic E-state index is -3.70. The molecule has 3 rings (SSSR count). The molecular formula is C17H17N3O2S2. The number of nitrogens with two attached hydrogens (primary N) is 1. The monoisotopic (exact) mass is 359 g/mol. The zero-order valence-corrected chi connectivity index (χ0v) is 14.6. The first-order valence-corrected chi connectivity index (χ1v) is 9.70. The number of thiazole rings is 1. The molecular weight excluding hydrogens is 342 g/mol. The van der Waals surface area contributed by atoms with E-state index in [9.17, 15) is 8.42 Å². The Morgan fingerprint density at radius 3 is 2.58 bits per heavy atom. The Balaban J connectivity index is 1.78. The number of rotatable bonds is 5. The number of nitrogens with one attached hydrogen (secondary N) is 1. The number of benzene rings is 2. The molecule has 124 valence electrons. The number of sulfonamides is 1. The second-order valence-electron chi connectivity index (χ2n) is 5.38. The highest BCUT2D eigenvalue weighted by atomic mass is 32.2. The fraction of sp³-hybridized carbons (Fsp3) is 0.118. The summed E-state index contributed by atoms with van der Waals surface area (Å²) in [6.07, 6.45) is 1.83. The standard InChI is InChI=1S/C17H17N3O2S2/c1-12(14-8-5-9-15(10-14)24(18,21)22)20-17-19-11-16(23-17)13-6-3-2-4-7-13/h2-12H,1H3,(H,19,20)(H2,18,21,22). The maximum atomic E-state index is 11.5. The summed E-state index contributed by atoms with van der Waals surface area (Å²) in [6.45, 7) is 1.95. The van der Waals surface area contributed by atoms with Crippen molar-refractivity contribution in [2.24, 2.45) is 5.14 Å². The van der Waals surface area contributed by atoms with E-state index in [1.807, 2.05) is 49.5 Å². The van der Waals surface area contributed by atoms with Crippen LogP contribution < -0.4 is 10.5 Å². The van der Waals surface area contributed by atoms with Gasteiger partial charge in [-0.3, -0.25) is 0 Å². The van der Waals surface area contributed by atoms with Crippen molar-refractivity contribution < 1.29 is 8.42 Å². The largest absolute Gasteiger partial charge is 0.355 e. The number of nitrogens with zero attached hydrogens (tertiary/aromatic N) is 1. The van der Waals surface area contributed by atoms with Crippen molar-refractivity contribution in [3.05, 3.63) is 66.4 Å². The molecule has 0 spiro atoms. The predicted molar refractivity (Wildman–Crippen MR) is 97.4 cm³/mol. The third kappa shape index (κ3) is 3.81. The van der Waals surface area contributed by atoms with Gasteiger partial charge in [-0.2, -0.15) is 0 Å². The summed E-state index contributed by atoms with van der Waals surface area (Å²) in [7, 11) is -3.70. The van der Waals surface area contributed by atoms with Gasteiger partial charge in [0.1, 0.15) is 0 Å². The molecule has 0 aliphatic carbocycles. The molecule has 0 saturated heterocycles.